The van der Waals surface area contributed by atoms with Gasteiger partial charge >= 0.3 is 0 Å². The summed E-state index contributed by atoms with van der Waals surface area (Å²) < 4.78 is 0. The molecule has 1 unspecified atom stereocenters. The van der Waals surface area contributed by atoms with Crippen molar-refractivity contribution in [3.05, 3.63) is 98.6 Å². The minimum absolute atomic E-state index is 0.152. The van der Waals surface area contributed by atoms with Crippen molar-refractivity contribution in [2.45, 2.75) is 36.6 Å². The molecule has 0 saturated heterocycles. The Bertz CT molecular complexity index is 1480. The highest BCUT2D eigenvalue weighted by atomic mass is 32.2. The zero-order chi connectivity index (χ0) is 26.5. The third-order valence-electron chi connectivity index (χ3n) is 6.25. The third-order valence-corrected chi connectivity index (χ3v) is 9.35. The van der Waals surface area contributed by atoms with Crippen molar-refractivity contribution >= 4 is 56.9 Å². The van der Waals surface area contributed by atoms with E-state index >= 15 is 0 Å². The molecule has 0 aliphatic carbocycles. The summed E-state index contributed by atoms with van der Waals surface area (Å²) in [7, 11) is 0. The Labute approximate surface area is 234 Å². The van der Waals surface area contributed by atoms with E-state index in [1.807, 2.05) is 60.8 Å². The average molecular weight is 559 g/mol. The molecule has 0 spiro atoms. The highest BCUT2D eigenvalue weighted by Gasteiger charge is 2.26. The lowest BCUT2D eigenvalue weighted by Gasteiger charge is -2.26. The predicted octanol–water partition coefficient (Wildman–Crippen LogP) is 6.61. The fourth-order valence-corrected chi connectivity index (χ4v) is 7.15. The average Bonchev–Trinajstić information content (AvgIpc) is 3.57. The molecule has 1 atom stereocenters. The van der Waals surface area contributed by atoms with E-state index in [0.29, 0.717) is 21.1 Å². The Hall–Kier alpha value is -3.42. The number of carbonyl (C=O) groups excluding carboxylic acids is 2. The van der Waals surface area contributed by atoms with E-state index in [4.69, 9.17) is 0 Å². The van der Waals surface area contributed by atoms with Crippen molar-refractivity contribution in [1.29, 1.82) is 5.26 Å². The maximum Gasteiger partial charge on any atom is 0.265 e. The Morgan fingerprint density at radius 1 is 1.11 bits per heavy atom. The number of carbonyl (C=O) groups is 2. The van der Waals surface area contributed by atoms with Crippen LogP contribution in [0.2, 0.25) is 0 Å². The van der Waals surface area contributed by atoms with Crippen molar-refractivity contribution < 1.29 is 9.59 Å². The summed E-state index contributed by atoms with van der Waals surface area (Å²) in [6.45, 7) is 4.36. The second-order valence-electron chi connectivity index (χ2n) is 8.97. The predicted molar refractivity (Wildman–Crippen MR) is 156 cm³/mol. The summed E-state index contributed by atoms with van der Waals surface area (Å²) in [6.07, 6.45) is 0.797. The first-order valence-corrected chi connectivity index (χ1v) is 14.8. The van der Waals surface area contributed by atoms with Crippen LogP contribution in [0.5, 0.6) is 0 Å². The van der Waals surface area contributed by atoms with Gasteiger partial charge in [-0.05, 0) is 54.1 Å². The fraction of sp³-hybridized carbons (Fsp3) is 0.207. The third kappa shape index (κ3) is 6.17. The largest absolute Gasteiger partial charge is 0.321 e. The first kappa shape index (κ1) is 26.2. The number of nitriles is 1. The van der Waals surface area contributed by atoms with E-state index in [1.165, 1.54) is 40.0 Å². The molecule has 192 valence electrons. The topological polar surface area (TPSA) is 85.2 Å². The zero-order valence-electron chi connectivity index (χ0n) is 20.8. The van der Waals surface area contributed by atoms with Crippen LogP contribution in [0, 0.1) is 11.3 Å². The second-order valence-corrected chi connectivity index (χ2v) is 12.4. The van der Waals surface area contributed by atoms with Gasteiger partial charge in [0.15, 0.2) is 0 Å². The van der Waals surface area contributed by atoms with Gasteiger partial charge in [-0.1, -0.05) is 42.5 Å². The fourth-order valence-electron chi connectivity index (χ4n) is 4.36. The number of benzene rings is 2. The number of rotatable bonds is 8. The summed E-state index contributed by atoms with van der Waals surface area (Å²) in [6, 6.07) is 23.8. The molecule has 2 amide bonds. The van der Waals surface area contributed by atoms with Crippen molar-refractivity contribution in [1.82, 2.24) is 4.90 Å². The molecule has 0 radical (unpaired) electrons. The molecule has 4 aromatic rings. The standard InChI is InChI=1S/C29H26N4O2S3/c1-19(37-22-10-5-9-21(15-22)31-28(35)25-11-6-14-36-25)27(34)32-29-24(16-30)23-12-13-33(18-26(23)38-29)17-20-7-3-2-4-8-20/h2-11,14-15,19H,12-13,17-18H2,1H3,(H,31,35)(H,32,34). The first-order valence-electron chi connectivity index (χ1n) is 12.2. The molecule has 9 heteroatoms. The van der Waals surface area contributed by atoms with Crippen LogP contribution in [0.15, 0.2) is 77.0 Å². The maximum atomic E-state index is 13.1. The van der Waals surface area contributed by atoms with E-state index in [1.54, 1.807) is 6.07 Å². The van der Waals surface area contributed by atoms with Gasteiger partial charge in [0.2, 0.25) is 5.91 Å². The van der Waals surface area contributed by atoms with E-state index in [-0.39, 0.29) is 11.8 Å². The highest BCUT2D eigenvalue weighted by molar-refractivity contribution is 8.00. The Morgan fingerprint density at radius 2 is 1.95 bits per heavy atom. The number of thiophene rings is 2. The van der Waals surface area contributed by atoms with Crippen LogP contribution in [0.25, 0.3) is 0 Å². The number of hydrogen-bond acceptors (Lipinski definition) is 7. The molecule has 2 aromatic carbocycles. The minimum Gasteiger partial charge on any atom is -0.321 e. The molecule has 2 aromatic heterocycles. The van der Waals surface area contributed by atoms with Crippen LogP contribution in [-0.2, 0) is 24.3 Å². The van der Waals surface area contributed by atoms with Gasteiger partial charge in [0.05, 0.1) is 15.7 Å². The summed E-state index contributed by atoms with van der Waals surface area (Å²) >= 11 is 4.31. The van der Waals surface area contributed by atoms with Crippen LogP contribution >= 0.6 is 34.4 Å². The smallest absolute Gasteiger partial charge is 0.265 e. The number of thioether (sulfide) groups is 1. The molecular weight excluding hydrogens is 533 g/mol. The Kier molecular flexibility index (Phi) is 8.25. The molecule has 6 nitrogen and oxygen atoms in total. The minimum atomic E-state index is -0.390. The molecular formula is C29H26N4O2S3. The number of nitrogens with one attached hydrogen (secondary N) is 2. The summed E-state index contributed by atoms with van der Waals surface area (Å²) in [5.41, 5.74) is 3.60. The SMILES string of the molecule is CC(Sc1cccc(NC(=O)c2cccs2)c1)C(=O)Nc1sc2c(c1C#N)CCN(Cc1ccccc1)C2. The molecule has 38 heavy (non-hydrogen) atoms. The number of hydrogen-bond donors (Lipinski definition) is 2. The Balaban J connectivity index is 1.22. The van der Waals surface area contributed by atoms with Crippen LogP contribution in [0.3, 0.4) is 0 Å². The molecule has 5 rings (SSSR count). The Morgan fingerprint density at radius 3 is 2.71 bits per heavy atom. The van der Waals surface area contributed by atoms with Crippen molar-refractivity contribution in [3.8, 4) is 6.07 Å². The molecule has 0 fully saturated rings. The molecule has 0 bridgehead atoms. The van der Waals surface area contributed by atoms with Crippen LogP contribution in [0.4, 0.5) is 10.7 Å². The number of amides is 2. The summed E-state index contributed by atoms with van der Waals surface area (Å²) in [5, 5.41) is 17.9. The van der Waals surface area contributed by atoms with E-state index in [2.05, 4.69) is 33.7 Å². The van der Waals surface area contributed by atoms with Gasteiger partial charge in [-0.25, -0.2) is 0 Å². The van der Waals surface area contributed by atoms with E-state index in [9.17, 15) is 14.9 Å². The molecule has 3 heterocycles. The number of nitrogens with zero attached hydrogens (tertiary/aromatic N) is 2. The quantitative estimate of drug-likeness (QED) is 0.238. The maximum absolute atomic E-state index is 13.1. The summed E-state index contributed by atoms with van der Waals surface area (Å²) in [5.74, 6) is -0.305. The van der Waals surface area contributed by atoms with E-state index < -0.39 is 5.25 Å². The molecule has 0 saturated carbocycles. The van der Waals surface area contributed by atoms with Gasteiger partial charge in [-0.2, -0.15) is 5.26 Å². The molecule has 1 aliphatic rings. The lowest BCUT2D eigenvalue weighted by atomic mass is 10.0. The lowest BCUT2D eigenvalue weighted by molar-refractivity contribution is -0.115. The van der Waals surface area contributed by atoms with Crippen molar-refractivity contribution in [2.75, 3.05) is 17.2 Å². The van der Waals surface area contributed by atoms with Gasteiger partial charge < -0.3 is 10.6 Å². The highest BCUT2D eigenvalue weighted by Crippen LogP contribution is 2.37. The van der Waals surface area contributed by atoms with Gasteiger partial charge in [0.25, 0.3) is 5.91 Å². The van der Waals surface area contributed by atoms with E-state index in [0.717, 1.165) is 41.4 Å². The zero-order valence-corrected chi connectivity index (χ0v) is 23.2. The van der Waals surface area contributed by atoms with Crippen molar-refractivity contribution in [3.63, 3.8) is 0 Å². The van der Waals surface area contributed by atoms with Crippen LogP contribution in [0.1, 0.15) is 38.2 Å². The van der Waals surface area contributed by atoms with Gasteiger partial charge in [0, 0.05) is 35.1 Å². The van der Waals surface area contributed by atoms with Gasteiger partial charge in [0.1, 0.15) is 11.1 Å². The summed E-state index contributed by atoms with van der Waals surface area (Å²) in [4.78, 5) is 30.5. The molecule has 2 N–H and O–H groups in total. The molecule has 1 aliphatic heterocycles. The van der Waals surface area contributed by atoms with Crippen molar-refractivity contribution in [2.24, 2.45) is 0 Å². The monoisotopic (exact) mass is 558 g/mol. The normalized spacial score (nSPS) is 13.8. The van der Waals surface area contributed by atoms with Gasteiger partial charge in [-0.3, -0.25) is 14.5 Å². The van der Waals surface area contributed by atoms with Crippen LogP contribution in [-0.4, -0.2) is 28.5 Å². The number of fused-ring (bicyclic) bond motifs is 1. The first-order chi connectivity index (χ1) is 18.5. The second kappa shape index (κ2) is 12.0. The number of anilines is 2. The van der Waals surface area contributed by atoms with Crippen LogP contribution < -0.4 is 10.6 Å². The lowest BCUT2D eigenvalue weighted by Crippen LogP contribution is -2.29. The van der Waals surface area contributed by atoms with Gasteiger partial charge in [-0.15, -0.1) is 34.4 Å².